The van der Waals surface area contributed by atoms with Crippen LogP contribution in [0.4, 0.5) is 18.9 Å². The van der Waals surface area contributed by atoms with Crippen molar-refractivity contribution in [3.05, 3.63) is 29.8 Å². The lowest BCUT2D eigenvalue weighted by Crippen LogP contribution is -2.37. The second kappa shape index (κ2) is 8.01. The highest BCUT2D eigenvalue weighted by Crippen LogP contribution is 2.34. The van der Waals surface area contributed by atoms with E-state index in [0.29, 0.717) is 19.4 Å². The largest absolute Gasteiger partial charge is 0.418 e. The lowest BCUT2D eigenvalue weighted by atomic mass is 10.1. The van der Waals surface area contributed by atoms with Gasteiger partial charge in [-0.3, -0.25) is 14.4 Å². The van der Waals surface area contributed by atoms with Gasteiger partial charge in [-0.2, -0.15) is 13.2 Å². The van der Waals surface area contributed by atoms with Gasteiger partial charge in [0.25, 0.3) is 0 Å². The molecule has 0 aliphatic carbocycles. The standard InChI is InChI=1S/C13H14F3N3O3/c14-13(15,16)9-4-1-2-5-10(9)19-12(22)11(21)18-7-3-6-17-8-20/h1-2,4-5,8H,3,6-7H2,(H,17,20)(H,18,21)(H,19,22). The number of anilines is 1. The van der Waals surface area contributed by atoms with Crippen LogP contribution in [0.15, 0.2) is 24.3 Å². The number of carbonyl (C=O) groups excluding carboxylic acids is 3. The summed E-state index contributed by atoms with van der Waals surface area (Å²) in [6.07, 6.45) is -3.76. The molecule has 3 N–H and O–H groups in total. The van der Waals surface area contributed by atoms with Gasteiger partial charge in [-0.1, -0.05) is 12.1 Å². The summed E-state index contributed by atoms with van der Waals surface area (Å²) in [5.41, 5.74) is -1.52. The molecule has 120 valence electrons. The van der Waals surface area contributed by atoms with Crippen molar-refractivity contribution < 1.29 is 27.6 Å². The molecular formula is C13H14F3N3O3. The van der Waals surface area contributed by atoms with Crippen LogP contribution >= 0.6 is 0 Å². The van der Waals surface area contributed by atoms with Crippen LogP contribution in [0.2, 0.25) is 0 Å². The highest BCUT2D eigenvalue weighted by Gasteiger charge is 2.33. The number of hydrogen-bond donors (Lipinski definition) is 3. The third-order valence-electron chi connectivity index (χ3n) is 2.55. The first-order valence-corrected chi connectivity index (χ1v) is 6.28. The first-order valence-electron chi connectivity index (χ1n) is 6.28. The van der Waals surface area contributed by atoms with E-state index in [1.54, 1.807) is 0 Å². The number of carbonyl (C=O) groups is 3. The van der Waals surface area contributed by atoms with Crippen molar-refractivity contribution in [3.63, 3.8) is 0 Å². The molecule has 22 heavy (non-hydrogen) atoms. The van der Waals surface area contributed by atoms with Crippen molar-refractivity contribution in [1.82, 2.24) is 10.6 Å². The lowest BCUT2D eigenvalue weighted by Gasteiger charge is -2.13. The Balaban J connectivity index is 2.58. The molecule has 0 heterocycles. The molecule has 1 rings (SSSR count). The number of halogens is 3. The molecule has 0 radical (unpaired) electrons. The van der Waals surface area contributed by atoms with Crippen molar-refractivity contribution in [2.24, 2.45) is 0 Å². The van der Waals surface area contributed by atoms with E-state index >= 15 is 0 Å². The van der Waals surface area contributed by atoms with E-state index < -0.39 is 29.2 Å². The molecule has 0 atom stereocenters. The van der Waals surface area contributed by atoms with Crippen LogP contribution in [0.3, 0.4) is 0 Å². The Morgan fingerprint density at radius 1 is 1.09 bits per heavy atom. The quantitative estimate of drug-likeness (QED) is 0.414. The first kappa shape index (κ1) is 17.5. The average Bonchev–Trinajstić information content (AvgIpc) is 2.46. The second-order valence-corrected chi connectivity index (χ2v) is 4.18. The number of nitrogens with one attached hydrogen (secondary N) is 3. The minimum absolute atomic E-state index is 0.105. The number of hydrogen-bond acceptors (Lipinski definition) is 3. The van der Waals surface area contributed by atoms with Gasteiger partial charge >= 0.3 is 18.0 Å². The summed E-state index contributed by atoms with van der Waals surface area (Å²) in [6, 6.07) is 4.35. The molecule has 0 unspecified atom stereocenters. The fourth-order valence-corrected chi connectivity index (χ4v) is 1.55. The minimum atomic E-state index is -4.64. The van der Waals surface area contributed by atoms with Gasteiger partial charge in [0.05, 0.1) is 11.3 Å². The Morgan fingerprint density at radius 2 is 1.77 bits per heavy atom. The van der Waals surface area contributed by atoms with E-state index in [2.05, 4.69) is 10.6 Å². The van der Waals surface area contributed by atoms with Crippen LogP contribution in [0.5, 0.6) is 0 Å². The number of alkyl halides is 3. The zero-order chi connectivity index (χ0) is 16.6. The number of para-hydroxylation sites is 1. The molecule has 0 aromatic heterocycles. The van der Waals surface area contributed by atoms with Gasteiger partial charge in [0.1, 0.15) is 0 Å². The van der Waals surface area contributed by atoms with E-state index in [-0.39, 0.29) is 6.54 Å². The van der Waals surface area contributed by atoms with Gasteiger partial charge in [-0.05, 0) is 18.6 Å². The van der Waals surface area contributed by atoms with E-state index in [4.69, 9.17) is 0 Å². The van der Waals surface area contributed by atoms with Gasteiger partial charge < -0.3 is 16.0 Å². The van der Waals surface area contributed by atoms with Crippen LogP contribution in [0.1, 0.15) is 12.0 Å². The fraction of sp³-hybridized carbons (Fsp3) is 0.308. The second-order valence-electron chi connectivity index (χ2n) is 4.18. The monoisotopic (exact) mass is 317 g/mol. The summed E-state index contributed by atoms with van der Waals surface area (Å²) < 4.78 is 38.2. The maximum absolute atomic E-state index is 12.7. The molecule has 0 spiro atoms. The van der Waals surface area contributed by atoms with E-state index in [9.17, 15) is 27.6 Å². The molecule has 0 fully saturated rings. The average molecular weight is 317 g/mol. The molecule has 0 saturated carbocycles. The van der Waals surface area contributed by atoms with Crippen LogP contribution in [-0.2, 0) is 20.6 Å². The maximum Gasteiger partial charge on any atom is 0.418 e. The summed E-state index contributed by atoms with van der Waals surface area (Å²) in [5.74, 6) is -2.25. The van der Waals surface area contributed by atoms with Crippen molar-refractivity contribution in [2.75, 3.05) is 18.4 Å². The summed E-state index contributed by atoms with van der Waals surface area (Å²) in [7, 11) is 0. The Kier molecular flexibility index (Phi) is 6.36. The topological polar surface area (TPSA) is 87.3 Å². The summed E-state index contributed by atoms with van der Waals surface area (Å²) in [6.45, 7) is 0.413. The predicted molar refractivity (Wildman–Crippen MR) is 71.8 cm³/mol. The molecule has 0 bridgehead atoms. The SMILES string of the molecule is O=CNCCCNC(=O)C(=O)Nc1ccccc1C(F)(F)F. The Labute approximate surface area is 124 Å². The summed E-state index contributed by atoms with van der Waals surface area (Å²) in [5, 5.41) is 6.52. The zero-order valence-electron chi connectivity index (χ0n) is 11.4. The van der Waals surface area contributed by atoms with Crippen molar-refractivity contribution in [2.45, 2.75) is 12.6 Å². The smallest absolute Gasteiger partial charge is 0.359 e. The molecule has 9 heteroatoms. The fourth-order valence-electron chi connectivity index (χ4n) is 1.55. The molecule has 1 aromatic rings. The van der Waals surface area contributed by atoms with Crippen molar-refractivity contribution >= 4 is 23.9 Å². The van der Waals surface area contributed by atoms with Gasteiger partial charge in [0.2, 0.25) is 6.41 Å². The Bertz CT molecular complexity index is 547. The maximum atomic E-state index is 12.7. The minimum Gasteiger partial charge on any atom is -0.359 e. The Morgan fingerprint density at radius 3 is 2.41 bits per heavy atom. The zero-order valence-corrected chi connectivity index (χ0v) is 11.4. The van der Waals surface area contributed by atoms with Gasteiger partial charge in [-0.15, -0.1) is 0 Å². The van der Waals surface area contributed by atoms with Gasteiger partial charge in [0, 0.05) is 13.1 Å². The number of rotatable bonds is 6. The number of benzene rings is 1. The Hall–Kier alpha value is -2.58. The van der Waals surface area contributed by atoms with Gasteiger partial charge in [0.15, 0.2) is 0 Å². The van der Waals surface area contributed by atoms with E-state index in [1.807, 2.05) is 5.32 Å². The lowest BCUT2D eigenvalue weighted by molar-refractivity contribution is -0.138. The molecular weight excluding hydrogens is 303 g/mol. The van der Waals surface area contributed by atoms with E-state index in [0.717, 1.165) is 12.1 Å². The van der Waals surface area contributed by atoms with Crippen molar-refractivity contribution in [1.29, 1.82) is 0 Å². The molecule has 0 saturated heterocycles. The van der Waals surface area contributed by atoms with Crippen LogP contribution in [-0.4, -0.2) is 31.3 Å². The molecule has 0 aliphatic rings. The normalized spacial score (nSPS) is 10.7. The number of amides is 3. The molecule has 6 nitrogen and oxygen atoms in total. The van der Waals surface area contributed by atoms with Gasteiger partial charge in [-0.25, -0.2) is 0 Å². The third kappa shape index (κ3) is 5.43. The first-order chi connectivity index (χ1) is 10.4. The highest BCUT2D eigenvalue weighted by atomic mass is 19.4. The predicted octanol–water partition coefficient (Wildman–Crippen LogP) is 0.896. The summed E-state index contributed by atoms with van der Waals surface area (Å²) in [4.78, 5) is 33.0. The van der Waals surface area contributed by atoms with Crippen LogP contribution in [0.25, 0.3) is 0 Å². The molecule has 1 aromatic carbocycles. The molecule has 0 aliphatic heterocycles. The third-order valence-corrected chi connectivity index (χ3v) is 2.55. The van der Waals surface area contributed by atoms with Crippen molar-refractivity contribution in [3.8, 4) is 0 Å². The van der Waals surface area contributed by atoms with Crippen LogP contribution < -0.4 is 16.0 Å². The van der Waals surface area contributed by atoms with E-state index in [1.165, 1.54) is 12.1 Å². The molecule has 3 amide bonds. The summed E-state index contributed by atoms with van der Waals surface area (Å²) >= 11 is 0. The van der Waals surface area contributed by atoms with Crippen LogP contribution in [0, 0.1) is 0 Å². The highest BCUT2D eigenvalue weighted by molar-refractivity contribution is 6.39.